The van der Waals surface area contributed by atoms with Gasteiger partial charge in [0, 0.05) is 29.4 Å². The monoisotopic (exact) mass is 413 g/mol. The molecule has 1 N–H and O–H groups in total. The summed E-state index contributed by atoms with van der Waals surface area (Å²) in [5, 5.41) is 6.83. The highest BCUT2D eigenvalue weighted by atomic mass is 19.4. The van der Waals surface area contributed by atoms with Crippen molar-refractivity contribution in [3.63, 3.8) is 0 Å². The van der Waals surface area contributed by atoms with Crippen LogP contribution < -0.4 is 10.1 Å². The molecule has 9 heteroatoms. The number of rotatable bonds is 8. The normalized spacial score (nSPS) is 12.6. The largest absolute Gasteiger partial charge is 0.496 e. The minimum Gasteiger partial charge on any atom is -0.496 e. The number of alkyl halides is 3. The Labute approximate surface area is 168 Å². The molecule has 29 heavy (non-hydrogen) atoms. The van der Waals surface area contributed by atoms with E-state index in [2.05, 4.69) is 10.4 Å². The van der Waals surface area contributed by atoms with E-state index < -0.39 is 18.2 Å². The lowest BCUT2D eigenvalue weighted by Crippen LogP contribution is -2.33. The molecule has 0 aliphatic heterocycles. The van der Waals surface area contributed by atoms with Crippen molar-refractivity contribution in [1.29, 1.82) is 0 Å². The van der Waals surface area contributed by atoms with Crippen molar-refractivity contribution < 1.29 is 27.4 Å². The predicted octanol–water partition coefficient (Wildman–Crippen LogP) is 4.68. The molecular weight excluding hydrogens is 387 g/mol. The number of nitrogens with one attached hydrogen (secondary N) is 1. The van der Waals surface area contributed by atoms with Gasteiger partial charge in [0.15, 0.2) is 5.69 Å². The number of methoxy groups -OCH3 is 1. The first-order valence-electron chi connectivity index (χ1n) is 9.46. The molecule has 0 unspecified atom stereocenters. The molecule has 0 saturated heterocycles. The highest BCUT2D eigenvalue weighted by molar-refractivity contribution is 5.92. The molecule has 2 rings (SSSR count). The number of hydrogen-bond acceptors (Lipinski definition) is 5. The fourth-order valence-electron chi connectivity index (χ4n) is 3.04. The van der Waals surface area contributed by atoms with Gasteiger partial charge in [-0.1, -0.05) is 6.92 Å². The molecule has 0 amide bonds. The van der Waals surface area contributed by atoms with Crippen LogP contribution in [0.5, 0.6) is 5.75 Å². The van der Waals surface area contributed by atoms with Crippen LogP contribution in [0.3, 0.4) is 0 Å². The van der Waals surface area contributed by atoms with Gasteiger partial charge in [-0.15, -0.1) is 0 Å². The summed E-state index contributed by atoms with van der Waals surface area (Å²) in [7, 11) is 1.44. The van der Waals surface area contributed by atoms with Crippen molar-refractivity contribution in [3.05, 3.63) is 29.5 Å². The number of carbonyl (C=O) groups is 1. The van der Waals surface area contributed by atoms with E-state index in [-0.39, 0.29) is 18.0 Å². The molecule has 2 aromatic rings. The molecule has 0 fully saturated rings. The number of anilines is 1. The maximum absolute atomic E-state index is 12.9. The summed E-state index contributed by atoms with van der Waals surface area (Å²) in [6.45, 7) is 7.29. The first kappa shape index (κ1) is 22.6. The van der Waals surface area contributed by atoms with E-state index >= 15 is 0 Å². The van der Waals surface area contributed by atoms with E-state index in [0.717, 1.165) is 6.92 Å². The molecular formula is C20H26F3N3O3. The smallest absolute Gasteiger partial charge is 0.408 e. The van der Waals surface area contributed by atoms with Crippen LogP contribution in [0.1, 0.15) is 43.7 Å². The lowest BCUT2D eigenvalue weighted by atomic mass is 10.0. The Bertz CT molecular complexity index is 863. The van der Waals surface area contributed by atoms with Gasteiger partial charge in [-0.2, -0.15) is 18.3 Å². The van der Waals surface area contributed by atoms with Crippen LogP contribution >= 0.6 is 0 Å². The van der Waals surface area contributed by atoms with Crippen LogP contribution in [0.4, 0.5) is 18.9 Å². The number of hydrogen-bond donors (Lipinski definition) is 1. The summed E-state index contributed by atoms with van der Waals surface area (Å²) in [5.41, 5.74) is 2.54. The van der Waals surface area contributed by atoms with E-state index in [0.29, 0.717) is 35.5 Å². The molecule has 0 aliphatic carbocycles. The number of ether oxygens (including phenoxy) is 2. The van der Waals surface area contributed by atoms with Crippen molar-refractivity contribution in [2.24, 2.45) is 0 Å². The lowest BCUT2D eigenvalue weighted by molar-refractivity contribution is -0.138. The zero-order chi connectivity index (χ0) is 21.8. The summed E-state index contributed by atoms with van der Waals surface area (Å²) in [6, 6.07) is 3.02. The standard InChI is InChI=1S/C20H26F3N3O3/c1-6-14-17(19(27)29-8-3)25-26(7-2)18(14)15-10-9-13(11-16(15)28-5)24-12(4)20(21,22)23/h9-12,24H,6-8H2,1-5H3/t12-/m1/s1. The Balaban J connectivity index is 2.55. The Hall–Kier alpha value is -2.71. The van der Waals surface area contributed by atoms with Gasteiger partial charge in [-0.3, -0.25) is 4.68 Å². The second-order valence-corrected chi connectivity index (χ2v) is 6.39. The van der Waals surface area contributed by atoms with E-state index in [1.807, 2.05) is 13.8 Å². The maximum atomic E-state index is 12.9. The van der Waals surface area contributed by atoms with Crippen LogP contribution in [-0.2, 0) is 17.7 Å². The van der Waals surface area contributed by atoms with E-state index in [1.165, 1.54) is 13.2 Å². The average molecular weight is 413 g/mol. The van der Waals surface area contributed by atoms with Crippen molar-refractivity contribution in [2.45, 2.75) is 52.9 Å². The number of benzene rings is 1. The fraction of sp³-hybridized carbons (Fsp3) is 0.500. The minimum absolute atomic E-state index is 0.234. The number of aromatic nitrogens is 2. The molecule has 160 valence electrons. The maximum Gasteiger partial charge on any atom is 0.408 e. The molecule has 0 radical (unpaired) electrons. The molecule has 1 atom stereocenters. The number of esters is 1. The SMILES string of the molecule is CCOC(=O)c1nn(CC)c(-c2ccc(N[C@H](C)C(F)(F)F)cc2OC)c1CC. The summed E-state index contributed by atoms with van der Waals surface area (Å²) >= 11 is 0. The van der Waals surface area contributed by atoms with Gasteiger partial charge >= 0.3 is 12.1 Å². The topological polar surface area (TPSA) is 65.4 Å². The predicted molar refractivity (Wildman–Crippen MR) is 104 cm³/mol. The molecule has 0 bridgehead atoms. The molecule has 0 saturated carbocycles. The molecule has 6 nitrogen and oxygen atoms in total. The molecule has 0 aliphatic rings. The van der Waals surface area contributed by atoms with Crippen molar-refractivity contribution >= 4 is 11.7 Å². The number of aryl methyl sites for hydroxylation is 1. The lowest BCUT2D eigenvalue weighted by Gasteiger charge is -2.20. The molecule has 0 spiro atoms. The Morgan fingerprint density at radius 1 is 1.28 bits per heavy atom. The molecule has 1 heterocycles. The number of carbonyl (C=O) groups excluding carboxylic acids is 1. The minimum atomic E-state index is -4.36. The van der Waals surface area contributed by atoms with Gasteiger partial charge in [0.2, 0.25) is 0 Å². The Morgan fingerprint density at radius 2 is 1.97 bits per heavy atom. The first-order valence-corrected chi connectivity index (χ1v) is 9.46. The highest BCUT2D eigenvalue weighted by Gasteiger charge is 2.36. The van der Waals surface area contributed by atoms with E-state index in [1.54, 1.807) is 23.7 Å². The summed E-state index contributed by atoms with van der Waals surface area (Å²) in [4.78, 5) is 12.3. The van der Waals surface area contributed by atoms with Gasteiger partial charge in [0.05, 0.1) is 19.4 Å². The van der Waals surface area contributed by atoms with E-state index in [4.69, 9.17) is 9.47 Å². The first-order chi connectivity index (χ1) is 13.7. The fourth-order valence-corrected chi connectivity index (χ4v) is 3.04. The summed E-state index contributed by atoms with van der Waals surface area (Å²) in [5.74, 6) is -0.127. The van der Waals surface area contributed by atoms with Gasteiger partial charge in [-0.25, -0.2) is 4.79 Å². The third-order valence-corrected chi connectivity index (χ3v) is 4.50. The third-order valence-electron chi connectivity index (χ3n) is 4.50. The van der Waals surface area contributed by atoms with Crippen molar-refractivity contribution in [1.82, 2.24) is 9.78 Å². The zero-order valence-corrected chi connectivity index (χ0v) is 17.2. The molecule has 1 aromatic carbocycles. The van der Waals surface area contributed by atoms with Crippen LogP contribution in [0, 0.1) is 0 Å². The number of halogens is 3. The van der Waals surface area contributed by atoms with Crippen LogP contribution in [-0.4, -0.2) is 41.7 Å². The van der Waals surface area contributed by atoms with Gasteiger partial charge in [0.25, 0.3) is 0 Å². The average Bonchev–Trinajstić information content (AvgIpc) is 3.05. The number of nitrogens with zero attached hydrogens (tertiary/aromatic N) is 2. The third kappa shape index (κ3) is 4.83. The second kappa shape index (κ2) is 9.19. The van der Waals surface area contributed by atoms with Crippen LogP contribution in [0.25, 0.3) is 11.3 Å². The highest BCUT2D eigenvalue weighted by Crippen LogP contribution is 2.37. The van der Waals surface area contributed by atoms with Crippen molar-refractivity contribution in [3.8, 4) is 17.0 Å². The van der Waals surface area contributed by atoms with Crippen LogP contribution in [0.15, 0.2) is 18.2 Å². The van der Waals surface area contributed by atoms with Crippen LogP contribution in [0.2, 0.25) is 0 Å². The molecule has 1 aromatic heterocycles. The van der Waals surface area contributed by atoms with Gasteiger partial charge < -0.3 is 14.8 Å². The van der Waals surface area contributed by atoms with Gasteiger partial charge in [0.1, 0.15) is 11.8 Å². The summed E-state index contributed by atoms with van der Waals surface area (Å²) < 4.78 is 50.8. The zero-order valence-electron chi connectivity index (χ0n) is 17.2. The summed E-state index contributed by atoms with van der Waals surface area (Å²) in [6.07, 6.45) is -3.84. The van der Waals surface area contributed by atoms with Gasteiger partial charge in [-0.05, 0) is 39.3 Å². The quantitative estimate of drug-likeness (QED) is 0.637. The van der Waals surface area contributed by atoms with E-state index in [9.17, 15) is 18.0 Å². The Morgan fingerprint density at radius 3 is 2.48 bits per heavy atom. The Kier molecular flexibility index (Phi) is 7.16. The second-order valence-electron chi connectivity index (χ2n) is 6.39. The van der Waals surface area contributed by atoms with Crippen molar-refractivity contribution in [2.75, 3.05) is 19.0 Å².